The van der Waals surface area contributed by atoms with Crippen LogP contribution in [0.5, 0.6) is 0 Å². The molecular weight excluding hydrogens is 397 g/mol. The van der Waals surface area contributed by atoms with E-state index < -0.39 is 17.6 Å². The summed E-state index contributed by atoms with van der Waals surface area (Å²) in [6, 6.07) is 11.3. The van der Waals surface area contributed by atoms with Crippen LogP contribution in [0.15, 0.2) is 53.6 Å². The Kier molecular flexibility index (Phi) is 5.69. The largest absolute Gasteiger partial charge is 0.416 e. The Morgan fingerprint density at radius 1 is 1.21 bits per heavy atom. The minimum absolute atomic E-state index is 0.0245. The fraction of sp³-hybridized carbons (Fsp3) is 0.118. The lowest BCUT2D eigenvalue weighted by Gasteiger charge is -2.06. The number of nitrogens with one attached hydrogen (secondary N) is 1. The van der Waals surface area contributed by atoms with Crippen LogP contribution < -0.4 is 5.43 Å². The van der Waals surface area contributed by atoms with E-state index in [9.17, 15) is 18.0 Å². The molecule has 0 aliphatic rings. The summed E-state index contributed by atoms with van der Waals surface area (Å²) in [6.07, 6.45) is -3.05. The third-order valence-electron chi connectivity index (χ3n) is 3.46. The Labute approximate surface area is 161 Å². The van der Waals surface area contributed by atoms with E-state index in [4.69, 9.17) is 11.6 Å². The van der Waals surface area contributed by atoms with Crippen LogP contribution in [0.25, 0.3) is 11.4 Å². The second-order valence-electron chi connectivity index (χ2n) is 5.57. The smallest absolute Gasteiger partial charge is 0.271 e. The van der Waals surface area contributed by atoms with E-state index in [1.54, 1.807) is 24.3 Å². The second-order valence-corrected chi connectivity index (χ2v) is 6.00. The van der Waals surface area contributed by atoms with Gasteiger partial charge in [0.05, 0.1) is 11.8 Å². The molecule has 0 bridgehead atoms. The predicted octanol–water partition coefficient (Wildman–Crippen LogP) is 3.16. The predicted molar refractivity (Wildman–Crippen MR) is 95.4 cm³/mol. The molecule has 0 spiro atoms. The van der Waals surface area contributed by atoms with Crippen molar-refractivity contribution in [2.75, 3.05) is 0 Å². The highest BCUT2D eigenvalue weighted by Crippen LogP contribution is 2.31. The third kappa shape index (κ3) is 5.13. The Balaban J connectivity index is 1.61. The van der Waals surface area contributed by atoms with Gasteiger partial charge in [0.25, 0.3) is 5.91 Å². The van der Waals surface area contributed by atoms with Crippen molar-refractivity contribution in [3.05, 3.63) is 64.7 Å². The minimum atomic E-state index is -4.48. The third-order valence-corrected chi connectivity index (χ3v) is 3.71. The van der Waals surface area contributed by atoms with Crippen LogP contribution in [-0.2, 0) is 17.5 Å². The summed E-state index contributed by atoms with van der Waals surface area (Å²) in [5.41, 5.74) is 2.34. The molecule has 0 radical (unpaired) electrons. The Morgan fingerprint density at radius 3 is 2.68 bits per heavy atom. The molecule has 0 atom stereocenters. The molecule has 1 N–H and O–H groups in total. The molecule has 0 fully saturated rings. The zero-order chi connectivity index (χ0) is 20.1. The number of carbonyl (C=O) groups is 1. The van der Waals surface area contributed by atoms with Gasteiger partial charge in [-0.3, -0.25) is 4.79 Å². The van der Waals surface area contributed by atoms with Gasteiger partial charge < -0.3 is 0 Å². The molecule has 0 unspecified atom stereocenters. The summed E-state index contributed by atoms with van der Waals surface area (Å²) >= 11 is 5.77. The minimum Gasteiger partial charge on any atom is -0.271 e. The molecule has 1 aromatic heterocycles. The molecule has 3 aromatic rings. The monoisotopic (exact) mass is 408 g/mol. The Morgan fingerprint density at radius 2 is 1.96 bits per heavy atom. The first kappa shape index (κ1) is 19.5. The van der Waals surface area contributed by atoms with E-state index in [1.807, 2.05) is 0 Å². The van der Waals surface area contributed by atoms with Crippen LogP contribution >= 0.6 is 11.6 Å². The highest BCUT2D eigenvalue weighted by atomic mass is 35.5. The molecular formula is C17H12ClF3N6O. The molecule has 3 rings (SSSR count). The van der Waals surface area contributed by atoms with Gasteiger partial charge in [0.15, 0.2) is 0 Å². The average molecular weight is 409 g/mol. The van der Waals surface area contributed by atoms with Crippen molar-refractivity contribution in [1.29, 1.82) is 0 Å². The maximum Gasteiger partial charge on any atom is 0.416 e. The number of nitrogens with zero attached hydrogens (tertiary/aromatic N) is 5. The van der Waals surface area contributed by atoms with E-state index in [0.29, 0.717) is 5.02 Å². The first-order valence-electron chi connectivity index (χ1n) is 7.84. The normalized spacial score (nSPS) is 11.7. The van der Waals surface area contributed by atoms with Gasteiger partial charge in [0.2, 0.25) is 5.82 Å². The van der Waals surface area contributed by atoms with Crippen molar-refractivity contribution in [3.8, 4) is 11.4 Å². The number of hydrogen-bond donors (Lipinski definition) is 1. The summed E-state index contributed by atoms with van der Waals surface area (Å²) in [5, 5.41) is 15.6. The van der Waals surface area contributed by atoms with Crippen molar-refractivity contribution in [2.45, 2.75) is 12.7 Å². The molecule has 28 heavy (non-hydrogen) atoms. The number of amides is 1. The number of hydrogen-bond acceptors (Lipinski definition) is 5. The number of benzene rings is 2. The van der Waals surface area contributed by atoms with Crippen LogP contribution in [-0.4, -0.2) is 32.3 Å². The molecule has 1 heterocycles. The molecule has 0 saturated heterocycles. The van der Waals surface area contributed by atoms with Gasteiger partial charge >= 0.3 is 6.18 Å². The molecule has 7 nitrogen and oxygen atoms in total. The standard InChI is InChI=1S/C17H12ClF3N6O/c18-14-6-4-11(5-7-14)9-22-23-15(28)10-27-25-16(24-26-27)12-2-1-3-13(8-12)17(19,20)21/h1-9H,10H2,(H,23,28)/b22-9-. The summed E-state index contributed by atoms with van der Waals surface area (Å²) < 4.78 is 38.4. The lowest BCUT2D eigenvalue weighted by atomic mass is 10.1. The summed E-state index contributed by atoms with van der Waals surface area (Å²) in [7, 11) is 0. The van der Waals surface area contributed by atoms with Gasteiger partial charge in [-0.1, -0.05) is 35.9 Å². The van der Waals surface area contributed by atoms with Gasteiger partial charge in [-0.05, 0) is 35.0 Å². The van der Waals surface area contributed by atoms with E-state index in [0.717, 1.165) is 22.5 Å². The number of halogens is 4. The van der Waals surface area contributed by atoms with Gasteiger partial charge in [-0.15, -0.1) is 10.2 Å². The topological polar surface area (TPSA) is 85.1 Å². The van der Waals surface area contributed by atoms with Crippen LogP contribution in [0.1, 0.15) is 11.1 Å². The summed E-state index contributed by atoms with van der Waals surface area (Å²) in [5.74, 6) is -0.554. The van der Waals surface area contributed by atoms with Crippen molar-refractivity contribution in [1.82, 2.24) is 25.6 Å². The first-order chi connectivity index (χ1) is 13.3. The van der Waals surface area contributed by atoms with Crippen LogP contribution in [0.2, 0.25) is 5.02 Å². The number of tetrazole rings is 1. The zero-order valence-electron chi connectivity index (χ0n) is 14.1. The molecule has 2 aromatic carbocycles. The fourth-order valence-electron chi connectivity index (χ4n) is 2.15. The van der Waals surface area contributed by atoms with E-state index in [1.165, 1.54) is 18.3 Å². The Hall–Kier alpha value is -3.27. The van der Waals surface area contributed by atoms with E-state index in [-0.39, 0.29) is 17.9 Å². The van der Waals surface area contributed by atoms with Crippen molar-refractivity contribution < 1.29 is 18.0 Å². The lowest BCUT2D eigenvalue weighted by molar-refractivity contribution is -0.137. The maximum absolute atomic E-state index is 12.8. The Bertz CT molecular complexity index is 1000. The van der Waals surface area contributed by atoms with Crippen LogP contribution in [0, 0.1) is 0 Å². The molecule has 0 saturated carbocycles. The van der Waals surface area contributed by atoms with Crippen molar-refractivity contribution >= 4 is 23.7 Å². The van der Waals surface area contributed by atoms with Gasteiger partial charge in [-0.25, -0.2) is 5.43 Å². The van der Waals surface area contributed by atoms with Crippen LogP contribution in [0.4, 0.5) is 13.2 Å². The van der Waals surface area contributed by atoms with E-state index in [2.05, 4.69) is 25.9 Å². The quantitative estimate of drug-likeness (QED) is 0.519. The number of carbonyl (C=O) groups excluding carboxylic acids is 1. The fourth-order valence-corrected chi connectivity index (χ4v) is 2.28. The molecule has 144 valence electrons. The molecule has 0 aliphatic carbocycles. The number of aromatic nitrogens is 4. The van der Waals surface area contributed by atoms with E-state index >= 15 is 0 Å². The summed E-state index contributed by atoms with van der Waals surface area (Å²) in [4.78, 5) is 12.8. The van der Waals surface area contributed by atoms with Gasteiger partial charge in [-0.2, -0.15) is 23.1 Å². The highest BCUT2D eigenvalue weighted by Gasteiger charge is 2.30. The lowest BCUT2D eigenvalue weighted by Crippen LogP contribution is -2.24. The molecule has 11 heteroatoms. The summed E-state index contributed by atoms with van der Waals surface area (Å²) in [6.45, 7) is -0.302. The number of alkyl halides is 3. The van der Waals surface area contributed by atoms with Crippen molar-refractivity contribution in [2.24, 2.45) is 5.10 Å². The van der Waals surface area contributed by atoms with Gasteiger partial charge in [0, 0.05) is 10.6 Å². The van der Waals surface area contributed by atoms with Crippen molar-refractivity contribution in [3.63, 3.8) is 0 Å². The SMILES string of the molecule is O=C(Cn1nnc(-c2cccc(C(F)(F)F)c2)n1)N/N=C\c1ccc(Cl)cc1. The maximum atomic E-state index is 12.8. The first-order valence-corrected chi connectivity index (χ1v) is 8.22. The molecule has 0 aliphatic heterocycles. The zero-order valence-corrected chi connectivity index (χ0v) is 14.8. The highest BCUT2D eigenvalue weighted by molar-refractivity contribution is 6.30. The van der Waals surface area contributed by atoms with Crippen LogP contribution in [0.3, 0.4) is 0 Å². The number of hydrazone groups is 1. The molecule has 1 amide bonds. The number of rotatable bonds is 5. The average Bonchev–Trinajstić information content (AvgIpc) is 3.11. The second kappa shape index (κ2) is 8.17. The van der Waals surface area contributed by atoms with Gasteiger partial charge in [0.1, 0.15) is 6.54 Å².